The largest absolute Gasteiger partial charge is 0.303 e. The van der Waals surface area contributed by atoms with E-state index < -0.39 is 15.5 Å². The number of hydrogen-bond donors (Lipinski definition) is 0. The van der Waals surface area contributed by atoms with E-state index in [1.54, 1.807) is 11.9 Å². The molecule has 0 atom stereocenters. The summed E-state index contributed by atoms with van der Waals surface area (Å²) in [7, 11) is 0. The highest BCUT2D eigenvalue weighted by atomic mass is 16.6. The first kappa shape index (κ1) is 17.9. The van der Waals surface area contributed by atoms with E-state index in [-0.39, 0.29) is 11.4 Å². The lowest BCUT2D eigenvalue weighted by Crippen LogP contribution is -2.24. The summed E-state index contributed by atoms with van der Waals surface area (Å²) in [6.07, 6.45) is 0. The number of hydrogen-bond acceptors (Lipinski definition) is 5. The fourth-order valence-electron chi connectivity index (χ4n) is 2.62. The van der Waals surface area contributed by atoms with Crippen LogP contribution in [0, 0.1) is 27.2 Å². The number of para-hydroxylation sites is 2. The van der Waals surface area contributed by atoms with Crippen LogP contribution in [0.25, 0.3) is 0 Å². The van der Waals surface area contributed by atoms with Gasteiger partial charge in [-0.2, -0.15) is 5.43 Å². The third-order valence-corrected chi connectivity index (χ3v) is 3.87. The number of nitro benzene ring substituents is 2. The lowest BCUT2D eigenvalue weighted by Gasteiger charge is -2.24. The van der Waals surface area contributed by atoms with E-state index in [0.29, 0.717) is 16.9 Å². The molecule has 0 fully saturated rings. The van der Waals surface area contributed by atoms with Crippen molar-refractivity contribution in [3.8, 4) is 0 Å². The van der Waals surface area contributed by atoms with E-state index in [9.17, 15) is 20.2 Å². The van der Waals surface area contributed by atoms with E-state index in [1.807, 2.05) is 60.7 Å². The van der Waals surface area contributed by atoms with Gasteiger partial charge in [-0.1, -0.05) is 36.4 Å². The quantitative estimate of drug-likeness (QED) is 0.462. The van der Waals surface area contributed by atoms with Crippen LogP contribution in [0.1, 0.15) is 5.56 Å². The molecule has 0 aromatic heterocycles. The molecule has 0 spiro atoms. The topological polar surface area (TPSA) is 104 Å². The van der Waals surface area contributed by atoms with Crippen molar-refractivity contribution in [2.45, 2.75) is 6.92 Å². The van der Waals surface area contributed by atoms with Gasteiger partial charge in [0, 0.05) is 6.07 Å². The fourth-order valence-corrected chi connectivity index (χ4v) is 2.62. The third-order valence-electron chi connectivity index (χ3n) is 3.87. The maximum absolute atomic E-state index is 11.5. The maximum atomic E-state index is 11.5. The maximum Gasteiger partial charge on any atom is 0.303 e. The highest BCUT2D eigenvalue weighted by molar-refractivity contribution is 5.70. The van der Waals surface area contributed by atoms with Crippen molar-refractivity contribution in [2.75, 3.05) is 5.01 Å². The Kier molecular flexibility index (Phi) is 4.98. The smallest absolute Gasteiger partial charge is 0.258 e. The highest BCUT2D eigenvalue weighted by Gasteiger charge is 2.26. The van der Waals surface area contributed by atoms with Crippen molar-refractivity contribution in [2.24, 2.45) is 0 Å². The Morgan fingerprint density at radius 1 is 0.815 bits per heavy atom. The van der Waals surface area contributed by atoms with E-state index >= 15 is 0 Å². The zero-order chi connectivity index (χ0) is 19.4. The molecule has 0 aliphatic rings. The molecule has 0 unspecified atom stereocenters. The van der Waals surface area contributed by atoms with Gasteiger partial charge in [0.05, 0.1) is 27.3 Å². The van der Waals surface area contributed by atoms with Crippen LogP contribution in [0.4, 0.5) is 28.4 Å². The monoisotopic (exact) mass is 363 g/mol. The lowest BCUT2D eigenvalue weighted by atomic mass is 10.1. The zero-order valence-corrected chi connectivity index (χ0v) is 14.4. The molecule has 0 heterocycles. The minimum absolute atomic E-state index is 0.0679. The molecule has 3 aromatic carbocycles. The third kappa shape index (κ3) is 3.84. The lowest BCUT2D eigenvalue weighted by molar-refractivity contribution is -0.393. The Balaban J connectivity index is 2.12. The second-order valence-corrected chi connectivity index (χ2v) is 5.73. The van der Waals surface area contributed by atoms with Crippen LogP contribution in [-0.2, 0) is 0 Å². The van der Waals surface area contributed by atoms with Crippen molar-refractivity contribution in [3.05, 3.63) is 98.6 Å². The molecule has 1 radical (unpaired) electrons. The summed E-state index contributed by atoms with van der Waals surface area (Å²) in [6.45, 7) is 1.56. The van der Waals surface area contributed by atoms with Gasteiger partial charge in [0.25, 0.3) is 5.69 Å². The molecule has 3 aromatic rings. The number of non-ortho nitro benzene ring substituents is 1. The van der Waals surface area contributed by atoms with Gasteiger partial charge in [-0.15, -0.1) is 0 Å². The number of nitrogens with zero attached hydrogens (tertiary/aromatic N) is 4. The standard InChI is InChI=1S/C19H15N4O4/c1-14-12-17(22(24)25)13-18(23(26)27)19(14)20-21(15-8-4-2-5-9-15)16-10-6-3-7-11-16/h2-13H,1H3. The van der Waals surface area contributed by atoms with Crippen LogP contribution in [0.2, 0.25) is 0 Å². The average Bonchev–Trinajstić information content (AvgIpc) is 2.67. The molecule has 0 aliphatic heterocycles. The molecular weight excluding hydrogens is 348 g/mol. The first-order valence-corrected chi connectivity index (χ1v) is 8.02. The summed E-state index contributed by atoms with van der Waals surface area (Å²) in [4.78, 5) is 21.2. The van der Waals surface area contributed by atoms with Crippen molar-refractivity contribution >= 4 is 28.4 Å². The molecule has 27 heavy (non-hydrogen) atoms. The number of aryl methyl sites for hydroxylation is 1. The van der Waals surface area contributed by atoms with Crippen LogP contribution in [0.5, 0.6) is 0 Å². The zero-order valence-electron chi connectivity index (χ0n) is 14.4. The Bertz CT molecular complexity index is 938. The van der Waals surface area contributed by atoms with Gasteiger partial charge in [0.2, 0.25) is 0 Å². The van der Waals surface area contributed by atoms with Crippen molar-refractivity contribution < 1.29 is 9.85 Å². The first-order valence-electron chi connectivity index (χ1n) is 8.02. The van der Waals surface area contributed by atoms with Gasteiger partial charge in [0.15, 0.2) is 5.69 Å². The molecule has 8 nitrogen and oxygen atoms in total. The Labute approximate surface area is 154 Å². The number of rotatable bonds is 6. The van der Waals surface area contributed by atoms with Crippen LogP contribution in [0.15, 0.2) is 72.8 Å². The second-order valence-electron chi connectivity index (χ2n) is 5.73. The summed E-state index contributed by atoms with van der Waals surface area (Å²) in [6, 6.07) is 20.5. The Morgan fingerprint density at radius 3 is 1.78 bits per heavy atom. The van der Waals surface area contributed by atoms with Crippen LogP contribution in [0.3, 0.4) is 0 Å². The summed E-state index contributed by atoms with van der Waals surface area (Å²) < 4.78 is 0. The number of nitro groups is 2. The normalized spacial score (nSPS) is 10.3. The molecule has 3 rings (SSSR count). The molecule has 8 heteroatoms. The van der Waals surface area contributed by atoms with Gasteiger partial charge in [0.1, 0.15) is 0 Å². The molecular formula is C19H15N4O4. The average molecular weight is 363 g/mol. The van der Waals surface area contributed by atoms with E-state index in [1.165, 1.54) is 6.07 Å². The predicted octanol–water partition coefficient (Wildman–Crippen LogP) is 4.80. The van der Waals surface area contributed by atoms with Crippen LogP contribution in [-0.4, -0.2) is 9.85 Å². The van der Waals surface area contributed by atoms with E-state index in [2.05, 4.69) is 5.43 Å². The minimum Gasteiger partial charge on any atom is -0.258 e. The number of benzene rings is 3. The molecule has 0 aliphatic carbocycles. The van der Waals surface area contributed by atoms with Crippen molar-refractivity contribution in [3.63, 3.8) is 0 Å². The first-order chi connectivity index (χ1) is 13.0. The van der Waals surface area contributed by atoms with Gasteiger partial charge in [-0.3, -0.25) is 20.2 Å². The second kappa shape index (κ2) is 7.52. The summed E-state index contributed by atoms with van der Waals surface area (Å²) in [5.74, 6) is 0. The summed E-state index contributed by atoms with van der Waals surface area (Å²) in [5, 5.41) is 24.1. The minimum atomic E-state index is -0.660. The molecule has 0 bridgehead atoms. The van der Waals surface area contributed by atoms with Gasteiger partial charge >= 0.3 is 5.69 Å². The molecule has 0 saturated carbocycles. The highest BCUT2D eigenvalue weighted by Crippen LogP contribution is 2.36. The SMILES string of the molecule is Cc1cc([N+](=O)[O-])cc([N+](=O)[O-])c1[N]N(c1ccccc1)c1ccccc1. The van der Waals surface area contributed by atoms with Crippen molar-refractivity contribution in [1.29, 1.82) is 0 Å². The predicted molar refractivity (Wildman–Crippen MR) is 101 cm³/mol. The van der Waals surface area contributed by atoms with Crippen LogP contribution < -0.4 is 10.4 Å². The summed E-state index contributed by atoms with van der Waals surface area (Å²) in [5.41, 5.74) is 5.55. The molecule has 135 valence electrons. The molecule has 0 amide bonds. The van der Waals surface area contributed by atoms with E-state index in [4.69, 9.17) is 0 Å². The molecule has 0 N–H and O–H groups in total. The van der Waals surface area contributed by atoms with Gasteiger partial charge in [-0.25, -0.2) is 5.01 Å². The van der Waals surface area contributed by atoms with Gasteiger partial charge in [-0.05, 0) is 36.8 Å². The fraction of sp³-hybridized carbons (Fsp3) is 0.0526. The number of anilines is 2. The van der Waals surface area contributed by atoms with Crippen LogP contribution >= 0.6 is 0 Å². The molecule has 0 saturated heterocycles. The van der Waals surface area contributed by atoms with Crippen molar-refractivity contribution in [1.82, 2.24) is 5.43 Å². The Morgan fingerprint density at radius 2 is 1.33 bits per heavy atom. The van der Waals surface area contributed by atoms with E-state index in [0.717, 1.165) is 6.07 Å². The Hall–Kier alpha value is -3.94. The van der Waals surface area contributed by atoms with Gasteiger partial charge < -0.3 is 0 Å². The summed E-state index contributed by atoms with van der Waals surface area (Å²) >= 11 is 0.